The minimum atomic E-state index is 0.562. The van der Waals surface area contributed by atoms with Gasteiger partial charge in [-0.05, 0) is 18.6 Å². The minimum Gasteiger partial charge on any atom is -0.396 e. The third-order valence-corrected chi connectivity index (χ3v) is 2.97. The summed E-state index contributed by atoms with van der Waals surface area (Å²) in [6, 6.07) is 12.0. The lowest BCUT2D eigenvalue weighted by molar-refractivity contribution is 0.815. The second-order valence-electron chi connectivity index (χ2n) is 4.07. The number of nitrogens with two attached hydrogens (primary N) is 1. The van der Waals surface area contributed by atoms with E-state index in [9.17, 15) is 0 Å². The molecule has 0 radical (unpaired) electrons. The third-order valence-electron chi connectivity index (χ3n) is 2.76. The van der Waals surface area contributed by atoms with E-state index < -0.39 is 0 Å². The van der Waals surface area contributed by atoms with Crippen molar-refractivity contribution < 1.29 is 0 Å². The van der Waals surface area contributed by atoms with Crippen molar-refractivity contribution in [2.75, 3.05) is 17.2 Å². The number of aromatic nitrogens is 1. The monoisotopic (exact) mass is 261 g/mol. The second kappa shape index (κ2) is 5.74. The normalized spacial score (nSPS) is 10.3. The van der Waals surface area contributed by atoms with Gasteiger partial charge in [0.1, 0.15) is 0 Å². The van der Waals surface area contributed by atoms with E-state index in [1.165, 1.54) is 5.56 Å². The average Bonchev–Trinajstić information content (AvgIpc) is 2.38. The van der Waals surface area contributed by atoms with E-state index in [0.717, 1.165) is 18.9 Å². The highest BCUT2D eigenvalue weighted by molar-refractivity contribution is 6.30. The number of hydrogen-bond donors (Lipinski definition) is 1. The molecule has 0 aliphatic rings. The summed E-state index contributed by atoms with van der Waals surface area (Å²) in [4.78, 5) is 6.44. The molecule has 1 heterocycles. The van der Waals surface area contributed by atoms with Gasteiger partial charge >= 0.3 is 0 Å². The van der Waals surface area contributed by atoms with Gasteiger partial charge in [-0.3, -0.25) is 0 Å². The van der Waals surface area contributed by atoms with Crippen LogP contribution in [-0.2, 0) is 6.54 Å². The number of anilines is 2. The van der Waals surface area contributed by atoms with Crippen molar-refractivity contribution in [1.29, 1.82) is 0 Å². The molecule has 4 heteroatoms. The molecule has 2 N–H and O–H groups in total. The van der Waals surface area contributed by atoms with Crippen LogP contribution < -0.4 is 10.6 Å². The fourth-order valence-corrected chi connectivity index (χ4v) is 2.02. The van der Waals surface area contributed by atoms with E-state index in [1.54, 1.807) is 12.3 Å². The Bertz CT molecular complexity index is 514. The summed E-state index contributed by atoms with van der Waals surface area (Å²) in [5.41, 5.74) is 7.81. The van der Waals surface area contributed by atoms with E-state index in [0.29, 0.717) is 10.7 Å². The van der Waals surface area contributed by atoms with Crippen molar-refractivity contribution >= 4 is 23.1 Å². The SMILES string of the molecule is CCN(Cc1ccccc1)c1ncc(Cl)cc1N. The molecule has 0 saturated carbocycles. The average molecular weight is 262 g/mol. The van der Waals surface area contributed by atoms with E-state index in [-0.39, 0.29) is 0 Å². The zero-order valence-electron chi connectivity index (χ0n) is 10.3. The molecule has 0 aliphatic carbocycles. The maximum Gasteiger partial charge on any atom is 0.152 e. The van der Waals surface area contributed by atoms with Crippen LogP contribution in [0.3, 0.4) is 0 Å². The molecule has 0 bridgehead atoms. The summed E-state index contributed by atoms with van der Waals surface area (Å²) < 4.78 is 0. The summed E-state index contributed by atoms with van der Waals surface area (Å²) in [6.45, 7) is 3.71. The fraction of sp³-hybridized carbons (Fsp3) is 0.214. The van der Waals surface area contributed by atoms with Crippen molar-refractivity contribution in [2.45, 2.75) is 13.5 Å². The molecule has 0 unspecified atom stereocenters. The van der Waals surface area contributed by atoms with Crippen molar-refractivity contribution in [3.8, 4) is 0 Å². The van der Waals surface area contributed by atoms with E-state index in [1.807, 2.05) is 18.2 Å². The lowest BCUT2D eigenvalue weighted by atomic mass is 10.2. The number of nitrogen functional groups attached to an aromatic ring is 1. The molecule has 0 aliphatic heterocycles. The molecule has 1 aromatic heterocycles. The Morgan fingerprint density at radius 2 is 2.00 bits per heavy atom. The molecule has 0 atom stereocenters. The zero-order valence-corrected chi connectivity index (χ0v) is 11.1. The number of pyridine rings is 1. The largest absolute Gasteiger partial charge is 0.396 e. The van der Waals surface area contributed by atoms with E-state index in [2.05, 4.69) is 28.9 Å². The second-order valence-corrected chi connectivity index (χ2v) is 4.50. The molecular formula is C14H16ClN3. The van der Waals surface area contributed by atoms with Crippen molar-refractivity contribution in [2.24, 2.45) is 0 Å². The van der Waals surface area contributed by atoms with Gasteiger partial charge < -0.3 is 10.6 Å². The molecule has 0 fully saturated rings. The Kier molecular flexibility index (Phi) is 4.05. The molecule has 2 aromatic rings. The van der Waals surface area contributed by atoms with Crippen LogP contribution in [0.25, 0.3) is 0 Å². The van der Waals surface area contributed by atoms with Gasteiger partial charge in [-0.25, -0.2) is 4.98 Å². The molecule has 0 spiro atoms. The molecule has 1 aromatic carbocycles. The van der Waals surface area contributed by atoms with Crippen LogP contribution in [0.2, 0.25) is 5.02 Å². The highest BCUT2D eigenvalue weighted by Crippen LogP contribution is 2.24. The molecule has 94 valence electrons. The number of nitrogens with zero attached hydrogens (tertiary/aromatic N) is 2. The summed E-state index contributed by atoms with van der Waals surface area (Å²) in [7, 11) is 0. The van der Waals surface area contributed by atoms with Gasteiger partial charge in [-0.1, -0.05) is 41.9 Å². The van der Waals surface area contributed by atoms with Gasteiger partial charge in [0.05, 0.1) is 10.7 Å². The predicted octanol–water partition coefficient (Wildman–Crippen LogP) is 3.34. The molecular weight excluding hydrogens is 246 g/mol. The van der Waals surface area contributed by atoms with Gasteiger partial charge in [0.15, 0.2) is 5.82 Å². The lowest BCUT2D eigenvalue weighted by Gasteiger charge is -2.23. The van der Waals surface area contributed by atoms with Crippen LogP contribution in [0.5, 0.6) is 0 Å². The van der Waals surface area contributed by atoms with Crippen LogP contribution in [0.15, 0.2) is 42.6 Å². The van der Waals surface area contributed by atoms with Gasteiger partial charge in [-0.2, -0.15) is 0 Å². The number of rotatable bonds is 4. The first-order chi connectivity index (χ1) is 8.70. The van der Waals surface area contributed by atoms with Crippen LogP contribution in [-0.4, -0.2) is 11.5 Å². The Morgan fingerprint density at radius 1 is 1.28 bits per heavy atom. The Hall–Kier alpha value is -1.74. The highest BCUT2D eigenvalue weighted by Gasteiger charge is 2.10. The first-order valence-corrected chi connectivity index (χ1v) is 6.28. The van der Waals surface area contributed by atoms with Gasteiger partial charge in [-0.15, -0.1) is 0 Å². The summed E-state index contributed by atoms with van der Waals surface area (Å²) >= 11 is 5.86. The maximum atomic E-state index is 5.96. The first kappa shape index (κ1) is 12.7. The third kappa shape index (κ3) is 2.93. The zero-order chi connectivity index (χ0) is 13.0. The first-order valence-electron chi connectivity index (χ1n) is 5.90. The summed E-state index contributed by atoms with van der Waals surface area (Å²) in [5.74, 6) is 0.783. The minimum absolute atomic E-state index is 0.562. The van der Waals surface area contributed by atoms with Crippen molar-refractivity contribution in [3.63, 3.8) is 0 Å². The predicted molar refractivity (Wildman–Crippen MR) is 76.8 cm³/mol. The molecule has 2 rings (SSSR count). The summed E-state index contributed by atoms with van der Waals surface area (Å²) in [5, 5.41) is 0.562. The topological polar surface area (TPSA) is 42.2 Å². The van der Waals surface area contributed by atoms with Gasteiger partial charge in [0.2, 0.25) is 0 Å². The van der Waals surface area contributed by atoms with Crippen LogP contribution in [0.4, 0.5) is 11.5 Å². The van der Waals surface area contributed by atoms with Gasteiger partial charge in [0, 0.05) is 19.3 Å². The van der Waals surface area contributed by atoms with Crippen molar-refractivity contribution in [3.05, 3.63) is 53.2 Å². The smallest absolute Gasteiger partial charge is 0.152 e. The highest BCUT2D eigenvalue weighted by atomic mass is 35.5. The van der Waals surface area contributed by atoms with Crippen LogP contribution in [0.1, 0.15) is 12.5 Å². The van der Waals surface area contributed by atoms with E-state index in [4.69, 9.17) is 17.3 Å². The quantitative estimate of drug-likeness (QED) is 0.918. The number of halogens is 1. The Labute approximate surface area is 112 Å². The fourth-order valence-electron chi connectivity index (χ4n) is 1.85. The molecule has 3 nitrogen and oxygen atoms in total. The van der Waals surface area contributed by atoms with E-state index >= 15 is 0 Å². The maximum absolute atomic E-state index is 5.96. The number of hydrogen-bond acceptors (Lipinski definition) is 3. The lowest BCUT2D eigenvalue weighted by Crippen LogP contribution is -2.24. The Balaban J connectivity index is 2.23. The van der Waals surface area contributed by atoms with Crippen LogP contribution in [0, 0.1) is 0 Å². The van der Waals surface area contributed by atoms with Crippen molar-refractivity contribution in [1.82, 2.24) is 4.98 Å². The number of benzene rings is 1. The molecule has 0 saturated heterocycles. The molecule has 18 heavy (non-hydrogen) atoms. The Morgan fingerprint density at radius 3 is 2.61 bits per heavy atom. The molecule has 0 amide bonds. The van der Waals surface area contributed by atoms with Crippen LogP contribution >= 0.6 is 11.6 Å². The standard InChI is InChI=1S/C14H16ClN3/c1-2-18(10-11-6-4-3-5-7-11)14-13(16)8-12(15)9-17-14/h3-9H,2,10,16H2,1H3. The van der Waals surface area contributed by atoms with Gasteiger partial charge in [0.25, 0.3) is 0 Å². The summed E-state index contributed by atoms with van der Waals surface area (Å²) in [6.07, 6.45) is 1.63.